The maximum Gasteiger partial charge on any atom is 0.339 e. The minimum Gasteiger partial charge on any atom is -0.493 e. The number of hydrogen-bond acceptors (Lipinski definition) is 7. The predicted octanol–water partition coefficient (Wildman–Crippen LogP) is 1.84. The number of methoxy groups -OCH3 is 3. The van der Waals surface area contributed by atoms with Crippen molar-refractivity contribution in [2.75, 3.05) is 47.5 Å². The molecule has 2 aromatic rings. The number of H-pyrrole nitrogens is 1. The first-order valence-electron chi connectivity index (χ1n) is 10.5. The van der Waals surface area contributed by atoms with Gasteiger partial charge in [-0.05, 0) is 31.0 Å². The number of nitrogens with one attached hydrogen (secondary N) is 1. The zero-order valence-electron chi connectivity index (χ0n) is 19.4. The second-order valence-corrected chi connectivity index (χ2v) is 9.47. The lowest BCUT2D eigenvalue weighted by atomic mass is 10.1. The van der Waals surface area contributed by atoms with Gasteiger partial charge in [0.2, 0.25) is 10.0 Å². The number of ether oxygens (including phenoxy) is 3. The highest BCUT2D eigenvalue weighted by molar-refractivity contribution is 7.89. The van der Waals surface area contributed by atoms with Crippen molar-refractivity contribution < 1.29 is 32.2 Å². The van der Waals surface area contributed by atoms with E-state index in [9.17, 15) is 18.0 Å². The van der Waals surface area contributed by atoms with Crippen molar-refractivity contribution in [2.24, 2.45) is 0 Å². The molecule has 1 amide bonds. The third-order valence-corrected chi connectivity index (χ3v) is 7.70. The summed E-state index contributed by atoms with van der Waals surface area (Å²) in [5, 5.41) is 0. The summed E-state index contributed by atoms with van der Waals surface area (Å²) in [4.78, 5) is 30.0. The molecule has 1 fully saturated rings. The number of aromatic nitrogens is 1. The number of amides is 1. The van der Waals surface area contributed by atoms with Gasteiger partial charge in [-0.15, -0.1) is 0 Å². The Morgan fingerprint density at radius 2 is 1.67 bits per heavy atom. The van der Waals surface area contributed by atoms with Crippen molar-refractivity contribution in [2.45, 2.75) is 25.2 Å². The lowest BCUT2D eigenvalue weighted by Gasteiger charge is -2.34. The molecule has 10 nitrogen and oxygen atoms in total. The number of piperazine rings is 1. The molecule has 0 aliphatic carbocycles. The largest absolute Gasteiger partial charge is 0.493 e. The zero-order chi connectivity index (χ0) is 24.3. The standard InChI is InChI=1S/C22H29N3O7S/c1-6-16-19(22(27)32-5)14(2)20(23-16)21(26)24-9-11-25(12-10-24)33(28,29)15-7-8-17(30-3)18(13-15)31-4/h7-8,13,23H,6,9-12H2,1-5H3. The summed E-state index contributed by atoms with van der Waals surface area (Å²) in [6, 6.07) is 4.44. The molecule has 0 bridgehead atoms. The van der Waals surface area contributed by atoms with Gasteiger partial charge in [-0.1, -0.05) is 6.92 Å². The summed E-state index contributed by atoms with van der Waals surface area (Å²) < 4.78 is 42.8. The Kier molecular flexibility index (Phi) is 7.33. The molecule has 0 atom stereocenters. The minimum atomic E-state index is -3.77. The van der Waals surface area contributed by atoms with Crippen LogP contribution in [0.5, 0.6) is 11.5 Å². The van der Waals surface area contributed by atoms with Gasteiger partial charge in [0.15, 0.2) is 11.5 Å². The average Bonchev–Trinajstić information content (AvgIpc) is 3.18. The Balaban J connectivity index is 1.77. The Hall–Kier alpha value is -3.05. The Morgan fingerprint density at radius 3 is 2.21 bits per heavy atom. The molecule has 0 saturated carbocycles. The van der Waals surface area contributed by atoms with Gasteiger partial charge in [0.25, 0.3) is 5.91 Å². The fourth-order valence-corrected chi connectivity index (χ4v) is 5.37. The normalized spacial score (nSPS) is 14.8. The zero-order valence-corrected chi connectivity index (χ0v) is 20.2. The van der Waals surface area contributed by atoms with E-state index in [0.29, 0.717) is 40.4 Å². The van der Waals surface area contributed by atoms with Crippen LogP contribution in [-0.4, -0.2) is 82.0 Å². The van der Waals surface area contributed by atoms with Gasteiger partial charge >= 0.3 is 5.97 Å². The Bertz CT molecular complexity index is 1150. The highest BCUT2D eigenvalue weighted by Gasteiger charge is 2.33. The van der Waals surface area contributed by atoms with E-state index in [4.69, 9.17) is 14.2 Å². The van der Waals surface area contributed by atoms with E-state index in [1.807, 2.05) is 6.92 Å². The van der Waals surface area contributed by atoms with Crippen LogP contribution in [0.1, 0.15) is 39.0 Å². The number of esters is 1. The van der Waals surface area contributed by atoms with Gasteiger partial charge in [0.05, 0.1) is 31.8 Å². The third kappa shape index (κ3) is 4.55. The number of nitrogens with zero attached hydrogens (tertiary/aromatic N) is 2. The number of rotatable bonds is 7. The molecular weight excluding hydrogens is 450 g/mol. The fourth-order valence-electron chi connectivity index (χ4n) is 3.93. The fraction of sp³-hybridized carbons (Fsp3) is 0.455. The molecule has 0 unspecified atom stereocenters. The summed E-state index contributed by atoms with van der Waals surface area (Å²) in [7, 11) is 0.447. The second-order valence-electron chi connectivity index (χ2n) is 7.54. The quantitative estimate of drug-likeness (QED) is 0.602. The van der Waals surface area contributed by atoms with Crippen LogP contribution in [-0.2, 0) is 21.2 Å². The predicted molar refractivity (Wildman–Crippen MR) is 120 cm³/mol. The first-order valence-corrected chi connectivity index (χ1v) is 11.9. The van der Waals surface area contributed by atoms with Crippen molar-refractivity contribution in [1.82, 2.24) is 14.2 Å². The number of benzene rings is 1. The van der Waals surface area contributed by atoms with E-state index in [0.717, 1.165) is 0 Å². The highest BCUT2D eigenvalue weighted by atomic mass is 32.2. The topological polar surface area (TPSA) is 118 Å². The Labute approximate surface area is 193 Å². The van der Waals surface area contributed by atoms with Gasteiger partial charge in [-0.25, -0.2) is 13.2 Å². The molecule has 1 aliphatic rings. The van der Waals surface area contributed by atoms with Gasteiger partial charge in [-0.3, -0.25) is 4.79 Å². The summed E-state index contributed by atoms with van der Waals surface area (Å²) in [6.07, 6.45) is 0.538. The monoisotopic (exact) mass is 479 g/mol. The van der Waals surface area contributed by atoms with E-state index < -0.39 is 16.0 Å². The van der Waals surface area contributed by atoms with Crippen LogP contribution >= 0.6 is 0 Å². The van der Waals surface area contributed by atoms with E-state index >= 15 is 0 Å². The van der Waals surface area contributed by atoms with Crippen molar-refractivity contribution in [1.29, 1.82) is 0 Å². The molecule has 0 radical (unpaired) electrons. The molecule has 11 heteroatoms. The van der Waals surface area contributed by atoms with E-state index in [1.165, 1.54) is 37.8 Å². The van der Waals surface area contributed by atoms with E-state index in [-0.39, 0.29) is 37.0 Å². The molecule has 1 N–H and O–H groups in total. The van der Waals surface area contributed by atoms with Gasteiger partial charge in [-0.2, -0.15) is 4.31 Å². The second kappa shape index (κ2) is 9.84. The number of carbonyl (C=O) groups is 2. The summed E-state index contributed by atoms with van der Waals surface area (Å²) in [5.74, 6) is -0.0142. The van der Waals surface area contributed by atoms with Gasteiger partial charge in [0, 0.05) is 37.9 Å². The summed E-state index contributed by atoms with van der Waals surface area (Å²) in [5.41, 5.74) is 1.86. The number of sulfonamides is 1. The molecule has 1 aromatic heterocycles. The molecule has 1 aromatic carbocycles. The smallest absolute Gasteiger partial charge is 0.339 e. The molecular formula is C22H29N3O7S. The lowest BCUT2D eigenvalue weighted by Crippen LogP contribution is -2.50. The van der Waals surface area contributed by atoms with Crippen LogP contribution in [0.25, 0.3) is 0 Å². The molecule has 33 heavy (non-hydrogen) atoms. The molecule has 1 aliphatic heterocycles. The number of aromatic amines is 1. The van der Waals surface area contributed by atoms with Crippen LogP contribution in [0.4, 0.5) is 0 Å². The minimum absolute atomic E-state index is 0.0930. The van der Waals surface area contributed by atoms with Crippen molar-refractivity contribution in [3.63, 3.8) is 0 Å². The first kappa shape index (κ1) is 24.6. The van der Waals surface area contributed by atoms with Crippen molar-refractivity contribution >= 4 is 21.9 Å². The maximum absolute atomic E-state index is 13.1. The molecule has 1 saturated heterocycles. The third-order valence-electron chi connectivity index (χ3n) is 5.80. The highest BCUT2D eigenvalue weighted by Crippen LogP contribution is 2.31. The summed E-state index contributed by atoms with van der Waals surface area (Å²) in [6.45, 7) is 4.31. The van der Waals surface area contributed by atoms with Crippen molar-refractivity contribution in [3.05, 3.63) is 40.7 Å². The van der Waals surface area contributed by atoms with Crippen LogP contribution in [0.2, 0.25) is 0 Å². The van der Waals surface area contributed by atoms with Crippen LogP contribution in [0.3, 0.4) is 0 Å². The lowest BCUT2D eigenvalue weighted by molar-refractivity contribution is 0.0599. The maximum atomic E-state index is 13.1. The Morgan fingerprint density at radius 1 is 1.03 bits per heavy atom. The average molecular weight is 480 g/mol. The van der Waals surface area contributed by atoms with Crippen LogP contribution in [0.15, 0.2) is 23.1 Å². The number of carbonyl (C=O) groups excluding carboxylic acids is 2. The van der Waals surface area contributed by atoms with Gasteiger partial charge in [0.1, 0.15) is 5.69 Å². The first-order chi connectivity index (χ1) is 15.7. The van der Waals surface area contributed by atoms with E-state index in [2.05, 4.69) is 4.98 Å². The van der Waals surface area contributed by atoms with Crippen LogP contribution < -0.4 is 9.47 Å². The van der Waals surface area contributed by atoms with Crippen LogP contribution in [0, 0.1) is 6.92 Å². The SMILES string of the molecule is CCc1[nH]c(C(=O)N2CCN(S(=O)(=O)c3ccc(OC)c(OC)c3)CC2)c(C)c1C(=O)OC. The van der Waals surface area contributed by atoms with Crippen molar-refractivity contribution in [3.8, 4) is 11.5 Å². The summed E-state index contributed by atoms with van der Waals surface area (Å²) >= 11 is 0. The number of hydrogen-bond donors (Lipinski definition) is 1. The van der Waals surface area contributed by atoms with Gasteiger partial charge < -0.3 is 24.1 Å². The molecule has 3 rings (SSSR count). The molecule has 180 valence electrons. The number of aryl methyl sites for hydroxylation is 1. The molecule has 2 heterocycles. The van der Waals surface area contributed by atoms with E-state index in [1.54, 1.807) is 17.9 Å². The molecule has 0 spiro atoms.